The molecule has 1 aliphatic heterocycles. The van der Waals surface area contributed by atoms with Gasteiger partial charge < -0.3 is 24.8 Å². The maximum absolute atomic E-state index is 12.7. The Bertz CT molecular complexity index is 1400. The number of aromatic nitrogens is 4. The van der Waals surface area contributed by atoms with Crippen LogP contribution >= 0.6 is 18.7 Å². The largest absolute Gasteiger partial charge is 0.378 e. The van der Waals surface area contributed by atoms with Gasteiger partial charge in [0.25, 0.3) is 0 Å². The van der Waals surface area contributed by atoms with Gasteiger partial charge in [-0.1, -0.05) is 23.7 Å². The third-order valence-corrected chi connectivity index (χ3v) is 7.64. The summed E-state index contributed by atoms with van der Waals surface area (Å²) in [6, 6.07) is 15.3. The molecule has 2 aromatic carbocycles. The lowest BCUT2D eigenvalue weighted by atomic mass is 10.3. The SMILES string of the molecule is CP(C)(=O)c1ccccc1Nc1nc(Nc2ccc(-n3cc(N4CCOCC4)cn3)cc2)ncc1Cl. The minimum absolute atomic E-state index is 0.363. The van der Waals surface area contributed by atoms with Gasteiger partial charge in [0.1, 0.15) is 12.2 Å². The molecule has 1 aliphatic rings. The Labute approximate surface area is 214 Å². The molecule has 36 heavy (non-hydrogen) atoms. The number of benzene rings is 2. The zero-order valence-electron chi connectivity index (χ0n) is 20.1. The summed E-state index contributed by atoms with van der Waals surface area (Å²) in [5.74, 6) is 0.816. The van der Waals surface area contributed by atoms with E-state index >= 15 is 0 Å². The molecular weight excluding hydrogens is 497 g/mol. The van der Waals surface area contributed by atoms with E-state index in [0.717, 1.165) is 48.7 Å². The average molecular weight is 524 g/mol. The molecule has 9 nitrogen and oxygen atoms in total. The van der Waals surface area contributed by atoms with Crippen LogP contribution in [0.25, 0.3) is 5.69 Å². The quantitative estimate of drug-likeness (QED) is 0.331. The number of rotatable bonds is 7. The Hall–Kier alpha value is -3.39. The van der Waals surface area contributed by atoms with Crippen molar-refractivity contribution in [3.05, 3.63) is 72.1 Å². The van der Waals surface area contributed by atoms with Crippen molar-refractivity contribution in [3.8, 4) is 5.69 Å². The van der Waals surface area contributed by atoms with E-state index in [-0.39, 0.29) is 0 Å². The van der Waals surface area contributed by atoms with Crippen molar-refractivity contribution >= 4 is 52.9 Å². The van der Waals surface area contributed by atoms with Gasteiger partial charge in [0, 0.05) is 24.1 Å². The van der Waals surface area contributed by atoms with E-state index in [1.54, 1.807) is 13.3 Å². The monoisotopic (exact) mass is 523 g/mol. The van der Waals surface area contributed by atoms with Crippen molar-refractivity contribution in [2.75, 3.05) is 55.2 Å². The van der Waals surface area contributed by atoms with Crippen LogP contribution in [-0.2, 0) is 9.30 Å². The summed E-state index contributed by atoms with van der Waals surface area (Å²) >= 11 is 6.36. The van der Waals surface area contributed by atoms with Gasteiger partial charge in [0.15, 0.2) is 5.82 Å². The number of para-hydroxylation sites is 1. The lowest BCUT2D eigenvalue weighted by molar-refractivity contribution is 0.122. The molecule has 0 atom stereocenters. The van der Waals surface area contributed by atoms with Crippen LogP contribution in [0.5, 0.6) is 0 Å². The highest BCUT2D eigenvalue weighted by Crippen LogP contribution is 2.38. The van der Waals surface area contributed by atoms with Crippen LogP contribution in [0.2, 0.25) is 5.02 Å². The molecule has 4 aromatic rings. The average Bonchev–Trinajstić information content (AvgIpc) is 3.37. The van der Waals surface area contributed by atoms with Crippen LogP contribution in [0.4, 0.5) is 28.8 Å². The Morgan fingerprint density at radius 3 is 2.47 bits per heavy atom. The fraction of sp³-hybridized carbons (Fsp3) is 0.240. The second-order valence-corrected chi connectivity index (χ2v) is 12.4. The second-order valence-electron chi connectivity index (χ2n) is 8.80. The van der Waals surface area contributed by atoms with Gasteiger partial charge in [-0.15, -0.1) is 0 Å². The number of hydrogen-bond acceptors (Lipinski definition) is 8. The van der Waals surface area contributed by atoms with Crippen molar-refractivity contribution in [1.29, 1.82) is 0 Å². The maximum Gasteiger partial charge on any atom is 0.229 e. The smallest absolute Gasteiger partial charge is 0.229 e. The van der Waals surface area contributed by atoms with Crippen molar-refractivity contribution < 1.29 is 9.30 Å². The maximum atomic E-state index is 12.7. The van der Waals surface area contributed by atoms with Crippen LogP contribution < -0.4 is 20.8 Å². The Morgan fingerprint density at radius 2 is 1.72 bits per heavy atom. The van der Waals surface area contributed by atoms with Crippen molar-refractivity contribution in [3.63, 3.8) is 0 Å². The van der Waals surface area contributed by atoms with E-state index in [1.165, 1.54) is 6.20 Å². The molecule has 0 unspecified atom stereocenters. The van der Waals surface area contributed by atoms with E-state index < -0.39 is 7.14 Å². The molecule has 0 aliphatic carbocycles. The Kier molecular flexibility index (Phi) is 6.96. The first-order valence-electron chi connectivity index (χ1n) is 11.6. The summed E-state index contributed by atoms with van der Waals surface area (Å²) in [6.45, 7) is 6.68. The number of nitrogens with zero attached hydrogens (tertiary/aromatic N) is 5. The number of morpholine rings is 1. The van der Waals surface area contributed by atoms with E-state index in [2.05, 4.69) is 30.6 Å². The number of ether oxygens (including phenoxy) is 1. The van der Waals surface area contributed by atoms with Gasteiger partial charge in [0.2, 0.25) is 5.95 Å². The number of anilines is 5. The molecule has 0 radical (unpaired) electrons. The molecule has 0 spiro atoms. The first kappa shape index (κ1) is 24.3. The molecule has 11 heteroatoms. The summed E-state index contributed by atoms with van der Waals surface area (Å²) in [7, 11) is -2.49. The number of nitrogens with one attached hydrogen (secondary N) is 2. The molecule has 0 amide bonds. The summed E-state index contributed by atoms with van der Waals surface area (Å²) in [4.78, 5) is 11.1. The van der Waals surface area contributed by atoms with E-state index in [9.17, 15) is 4.57 Å². The topological polar surface area (TPSA) is 97.2 Å². The van der Waals surface area contributed by atoms with Crippen LogP contribution in [0.1, 0.15) is 0 Å². The summed E-state index contributed by atoms with van der Waals surface area (Å²) in [6.07, 6.45) is 5.43. The highest BCUT2D eigenvalue weighted by Gasteiger charge is 2.17. The van der Waals surface area contributed by atoms with Gasteiger partial charge in [-0.25, -0.2) is 9.67 Å². The molecule has 2 aromatic heterocycles. The minimum Gasteiger partial charge on any atom is -0.378 e. The van der Waals surface area contributed by atoms with Gasteiger partial charge in [-0.05, 0) is 49.7 Å². The Morgan fingerprint density at radius 1 is 0.972 bits per heavy atom. The molecule has 1 saturated heterocycles. The van der Waals surface area contributed by atoms with Gasteiger partial charge in [-0.3, -0.25) is 0 Å². The second kappa shape index (κ2) is 10.3. The minimum atomic E-state index is -2.49. The molecule has 0 saturated carbocycles. The third kappa shape index (κ3) is 5.54. The van der Waals surface area contributed by atoms with Crippen molar-refractivity contribution in [1.82, 2.24) is 19.7 Å². The summed E-state index contributed by atoms with van der Waals surface area (Å²) in [5, 5.41) is 12.0. The fourth-order valence-corrected chi connectivity index (χ4v) is 5.25. The molecule has 1 fully saturated rings. The zero-order valence-corrected chi connectivity index (χ0v) is 21.7. The first-order valence-corrected chi connectivity index (χ1v) is 14.5. The van der Waals surface area contributed by atoms with Crippen molar-refractivity contribution in [2.24, 2.45) is 0 Å². The molecule has 3 heterocycles. The van der Waals surface area contributed by atoms with Gasteiger partial charge >= 0.3 is 0 Å². The zero-order chi connectivity index (χ0) is 25.1. The highest BCUT2D eigenvalue weighted by atomic mass is 35.5. The van der Waals surface area contributed by atoms with E-state index in [0.29, 0.717) is 22.5 Å². The van der Waals surface area contributed by atoms with Gasteiger partial charge in [-0.2, -0.15) is 10.1 Å². The van der Waals surface area contributed by atoms with Crippen LogP contribution in [0, 0.1) is 0 Å². The van der Waals surface area contributed by atoms with Crippen LogP contribution in [-0.4, -0.2) is 59.4 Å². The number of hydrogen-bond donors (Lipinski definition) is 2. The van der Waals surface area contributed by atoms with E-state index in [1.807, 2.05) is 65.6 Å². The predicted octanol–water partition coefficient (Wildman–Crippen LogP) is 4.89. The lowest BCUT2D eigenvalue weighted by Crippen LogP contribution is -2.35. The van der Waals surface area contributed by atoms with Crippen LogP contribution in [0.15, 0.2) is 67.1 Å². The first-order chi connectivity index (χ1) is 17.4. The summed E-state index contributed by atoms with van der Waals surface area (Å²) < 4.78 is 20.0. The van der Waals surface area contributed by atoms with Gasteiger partial charge in [0.05, 0.1) is 48.9 Å². The van der Waals surface area contributed by atoms with Crippen molar-refractivity contribution in [2.45, 2.75) is 0 Å². The van der Waals surface area contributed by atoms with Crippen LogP contribution in [0.3, 0.4) is 0 Å². The lowest BCUT2D eigenvalue weighted by Gasteiger charge is -2.27. The molecular formula is C25H27ClN7O2P. The predicted molar refractivity (Wildman–Crippen MR) is 146 cm³/mol. The highest BCUT2D eigenvalue weighted by molar-refractivity contribution is 7.70. The molecule has 186 valence electrons. The standard InChI is InChI=1S/C25H27ClN7O2P/c1-36(2,34)23-6-4-3-5-22(23)30-24-21(26)16-27-25(31-24)29-18-7-9-19(10-8-18)33-17-20(15-28-33)32-11-13-35-14-12-32/h3-10,15-17H,11-14H2,1-2H3,(H2,27,29,30,31). The molecule has 2 N–H and O–H groups in total. The Balaban J connectivity index is 1.30. The molecule has 5 rings (SSSR count). The number of halogens is 1. The fourth-order valence-electron chi connectivity index (χ4n) is 3.96. The van der Waals surface area contributed by atoms with E-state index in [4.69, 9.17) is 16.3 Å². The third-order valence-electron chi connectivity index (χ3n) is 5.81. The normalized spacial score (nSPS) is 14.0. The molecule has 0 bridgehead atoms. The summed E-state index contributed by atoms with van der Waals surface area (Å²) in [5.41, 5.74) is 3.55.